The Hall–Kier alpha value is -3.67. The third-order valence-corrected chi connectivity index (χ3v) is 7.73. The van der Waals surface area contributed by atoms with Gasteiger partial charge in [-0.1, -0.05) is 30.3 Å². The predicted molar refractivity (Wildman–Crippen MR) is 149 cm³/mol. The van der Waals surface area contributed by atoms with Crippen molar-refractivity contribution in [3.05, 3.63) is 75.6 Å². The number of anilines is 1. The molecule has 0 bridgehead atoms. The minimum absolute atomic E-state index is 0.0383. The second-order valence-corrected chi connectivity index (χ2v) is 10.9. The molecule has 5 rings (SSSR count). The van der Waals surface area contributed by atoms with Crippen molar-refractivity contribution in [3.8, 4) is 11.6 Å². The van der Waals surface area contributed by atoms with Crippen LogP contribution in [0.3, 0.4) is 0 Å². The van der Waals surface area contributed by atoms with Crippen molar-refractivity contribution >= 4 is 23.1 Å². The number of amides is 1. The van der Waals surface area contributed by atoms with Crippen LogP contribution >= 0.6 is 11.3 Å². The maximum Gasteiger partial charge on any atom is 0.266 e. The summed E-state index contributed by atoms with van der Waals surface area (Å²) in [6.45, 7) is 5.51. The third-order valence-electron chi connectivity index (χ3n) is 6.67. The molecule has 4 aromatic rings. The number of nitrogens with two attached hydrogens (primary N) is 1. The van der Waals surface area contributed by atoms with Crippen molar-refractivity contribution in [3.63, 3.8) is 0 Å². The van der Waals surface area contributed by atoms with E-state index < -0.39 is 5.54 Å². The number of thiazole rings is 1. The van der Waals surface area contributed by atoms with E-state index in [4.69, 9.17) is 14.9 Å². The molecule has 10 nitrogen and oxygen atoms in total. The molecule has 1 aromatic carbocycles. The average Bonchev–Trinajstić information content (AvgIpc) is 3.69. The van der Waals surface area contributed by atoms with E-state index in [1.807, 2.05) is 54.5 Å². The standard InChI is InChI=1S/C28H33N7O3S/c1-18-17-39-25(31-18)22-10-7-12-35(22)26(36)20-14-21(32-23(15-20)30-11-13-37-3)24-33-34-27(38-24)28(2,29)16-19-8-5-4-6-9-19/h4-6,8-9,14-15,17,22H,7,10-13,16,29H2,1-3H3,(H,30,32)/t22-,28-/m1/s1. The van der Waals surface area contributed by atoms with Crippen molar-refractivity contribution in [2.45, 2.75) is 44.7 Å². The van der Waals surface area contributed by atoms with Crippen LogP contribution in [-0.4, -0.2) is 57.8 Å². The number of hydrogen-bond acceptors (Lipinski definition) is 10. The molecule has 204 valence electrons. The fourth-order valence-corrected chi connectivity index (χ4v) is 5.69. The summed E-state index contributed by atoms with van der Waals surface area (Å²) in [4.78, 5) is 25.0. The number of likely N-dealkylation sites (tertiary alicyclic amines) is 1. The average molecular weight is 548 g/mol. The second kappa shape index (κ2) is 11.6. The highest BCUT2D eigenvalue weighted by molar-refractivity contribution is 7.09. The van der Waals surface area contributed by atoms with Gasteiger partial charge in [0.2, 0.25) is 5.89 Å². The van der Waals surface area contributed by atoms with Gasteiger partial charge in [0.25, 0.3) is 11.8 Å². The molecule has 3 N–H and O–H groups in total. The van der Waals surface area contributed by atoms with Gasteiger partial charge >= 0.3 is 0 Å². The van der Waals surface area contributed by atoms with Crippen molar-refractivity contribution in [2.75, 3.05) is 32.1 Å². The van der Waals surface area contributed by atoms with Crippen LogP contribution in [0.25, 0.3) is 11.6 Å². The first-order valence-corrected chi connectivity index (χ1v) is 13.9. The Morgan fingerprint density at radius 2 is 2.08 bits per heavy atom. The van der Waals surface area contributed by atoms with Gasteiger partial charge in [0.05, 0.1) is 18.2 Å². The molecule has 2 atom stereocenters. The van der Waals surface area contributed by atoms with Crippen molar-refractivity contribution in [2.24, 2.45) is 5.73 Å². The first kappa shape index (κ1) is 26.9. The number of nitrogens with one attached hydrogen (secondary N) is 1. The zero-order valence-electron chi connectivity index (χ0n) is 22.4. The molecule has 3 aromatic heterocycles. The molecular weight excluding hydrogens is 514 g/mol. The lowest BCUT2D eigenvalue weighted by Crippen LogP contribution is -2.35. The number of nitrogens with zero attached hydrogens (tertiary/aromatic N) is 5. The van der Waals surface area contributed by atoms with Gasteiger partial charge in [-0.25, -0.2) is 9.97 Å². The number of aromatic nitrogens is 4. The van der Waals surface area contributed by atoms with E-state index in [2.05, 4.69) is 25.5 Å². The maximum atomic E-state index is 13.8. The molecule has 0 aliphatic carbocycles. The number of benzene rings is 1. The van der Waals surface area contributed by atoms with Gasteiger partial charge in [-0.05, 0) is 50.8 Å². The Morgan fingerprint density at radius 1 is 1.26 bits per heavy atom. The number of aryl methyl sites for hydroxylation is 1. The Labute approximate surface area is 231 Å². The molecule has 0 radical (unpaired) electrons. The summed E-state index contributed by atoms with van der Waals surface area (Å²) >= 11 is 1.60. The quantitative estimate of drug-likeness (QED) is 0.278. The van der Waals surface area contributed by atoms with Crippen LogP contribution in [0, 0.1) is 6.92 Å². The zero-order valence-corrected chi connectivity index (χ0v) is 23.2. The Balaban J connectivity index is 1.44. The lowest BCUT2D eigenvalue weighted by atomic mass is 9.94. The summed E-state index contributed by atoms with van der Waals surface area (Å²) in [5, 5.41) is 14.7. The smallest absolute Gasteiger partial charge is 0.266 e. The first-order chi connectivity index (χ1) is 18.8. The Bertz CT molecular complexity index is 1420. The number of methoxy groups -OCH3 is 1. The number of carbonyl (C=O) groups is 1. The second-order valence-electron chi connectivity index (χ2n) is 10.0. The number of pyridine rings is 1. The van der Waals surface area contributed by atoms with Crippen LogP contribution in [-0.2, 0) is 16.7 Å². The minimum atomic E-state index is -0.881. The molecule has 1 aliphatic heterocycles. The monoisotopic (exact) mass is 547 g/mol. The topological polar surface area (TPSA) is 132 Å². The summed E-state index contributed by atoms with van der Waals surface area (Å²) in [5.74, 6) is 0.935. The number of hydrogen-bond donors (Lipinski definition) is 2. The lowest BCUT2D eigenvalue weighted by Gasteiger charge is -2.23. The molecule has 39 heavy (non-hydrogen) atoms. The van der Waals surface area contributed by atoms with Crippen molar-refractivity contribution in [1.29, 1.82) is 0 Å². The van der Waals surface area contributed by atoms with E-state index in [1.165, 1.54) is 0 Å². The maximum absolute atomic E-state index is 13.8. The van der Waals surface area contributed by atoms with Gasteiger partial charge in [0.1, 0.15) is 16.5 Å². The van der Waals surface area contributed by atoms with E-state index >= 15 is 0 Å². The molecule has 0 saturated carbocycles. The molecule has 1 fully saturated rings. The van der Waals surface area contributed by atoms with Crippen LogP contribution in [0.4, 0.5) is 5.82 Å². The van der Waals surface area contributed by atoms with Gasteiger partial charge in [-0.15, -0.1) is 21.5 Å². The minimum Gasteiger partial charge on any atom is -0.417 e. The van der Waals surface area contributed by atoms with E-state index in [0.29, 0.717) is 49.1 Å². The van der Waals surface area contributed by atoms with Crippen LogP contribution < -0.4 is 11.1 Å². The molecule has 4 heterocycles. The lowest BCUT2D eigenvalue weighted by molar-refractivity contribution is 0.0735. The molecule has 1 amide bonds. The van der Waals surface area contributed by atoms with E-state index in [9.17, 15) is 4.79 Å². The van der Waals surface area contributed by atoms with Crippen molar-refractivity contribution < 1.29 is 13.9 Å². The van der Waals surface area contributed by atoms with Crippen LogP contribution in [0.1, 0.15) is 58.3 Å². The number of carbonyl (C=O) groups excluding carboxylic acids is 1. The van der Waals surface area contributed by atoms with Gasteiger partial charge in [-0.3, -0.25) is 4.79 Å². The fourth-order valence-electron chi connectivity index (χ4n) is 4.75. The Morgan fingerprint density at radius 3 is 2.82 bits per heavy atom. The summed E-state index contributed by atoms with van der Waals surface area (Å²) in [5.41, 5.74) is 8.63. The largest absolute Gasteiger partial charge is 0.417 e. The van der Waals surface area contributed by atoms with E-state index in [0.717, 1.165) is 29.1 Å². The first-order valence-electron chi connectivity index (χ1n) is 13.0. The van der Waals surface area contributed by atoms with Gasteiger partial charge in [0, 0.05) is 36.8 Å². The summed E-state index contributed by atoms with van der Waals surface area (Å²) in [6, 6.07) is 13.3. The van der Waals surface area contributed by atoms with Gasteiger partial charge < -0.3 is 25.1 Å². The van der Waals surface area contributed by atoms with Gasteiger partial charge in [-0.2, -0.15) is 0 Å². The third kappa shape index (κ3) is 6.16. The van der Waals surface area contributed by atoms with Crippen LogP contribution in [0.15, 0.2) is 52.3 Å². The SMILES string of the molecule is COCCNc1cc(C(=O)N2CCC[C@@H]2c2nc(C)cs2)cc(-c2nnc([C@](C)(N)Cc3ccccc3)o2)n1. The molecule has 11 heteroatoms. The summed E-state index contributed by atoms with van der Waals surface area (Å²) in [7, 11) is 1.63. The normalized spacial score (nSPS) is 16.8. The van der Waals surface area contributed by atoms with Crippen molar-refractivity contribution in [1.82, 2.24) is 25.1 Å². The highest BCUT2D eigenvalue weighted by Gasteiger charge is 2.34. The molecule has 1 saturated heterocycles. The predicted octanol–water partition coefficient (Wildman–Crippen LogP) is 4.35. The molecular formula is C28H33N7O3S. The molecule has 0 spiro atoms. The highest BCUT2D eigenvalue weighted by Crippen LogP contribution is 2.35. The molecule has 0 unspecified atom stereocenters. The Kier molecular flexibility index (Phi) is 8.01. The number of ether oxygens (including phenoxy) is 1. The zero-order chi connectivity index (χ0) is 27.4. The molecule has 1 aliphatic rings. The number of rotatable bonds is 10. The fraction of sp³-hybridized carbons (Fsp3) is 0.393. The van der Waals surface area contributed by atoms with Gasteiger partial charge in [0.15, 0.2) is 0 Å². The van der Waals surface area contributed by atoms with Crippen LogP contribution in [0.5, 0.6) is 0 Å². The summed E-state index contributed by atoms with van der Waals surface area (Å²) in [6.07, 6.45) is 2.34. The van der Waals surface area contributed by atoms with E-state index in [-0.39, 0.29) is 17.8 Å². The van der Waals surface area contributed by atoms with E-state index in [1.54, 1.807) is 30.6 Å². The van der Waals surface area contributed by atoms with Crippen LogP contribution in [0.2, 0.25) is 0 Å². The summed E-state index contributed by atoms with van der Waals surface area (Å²) < 4.78 is 11.2. The highest BCUT2D eigenvalue weighted by atomic mass is 32.1.